The zero-order valence-electron chi connectivity index (χ0n) is 24.8. The van der Waals surface area contributed by atoms with Crippen molar-refractivity contribution < 1.29 is 19.4 Å². The van der Waals surface area contributed by atoms with Gasteiger partial charge in [0.05, 0.1) is 5.57 Å². The van der Waals surface area contributed by atoms with Gasteiger partial charge in [0.1, 0.15) is 29.6 Å². The number of rotatable bonds is 13. The maximum absolute atomic E-state index is 13.4. The number of hydrogen-bond donors (Lipinski definition) is 3. The van der Waals surface area contributed by atoms with Gasteiger partial charge in [0.15, 0.2) is 0 Å². The molecular weight excluding hydrogens is 506 g/mol. The monoisotopic (exact) mass is 553 g/mol. The number of esters is 1. The highest BCUT2D eigenvalue weighted by Gasteiger charge is 2.48. The number of hydrogen-bond acceptors (Lipinski definition) is 8. The van der Waals surface area contributed by atoms with Crippen LogP contribution in [0.3, 0.4) is 0 Å². The van der Waals surface area contributed by atoms with E-state index in [-0.39, 0.29) is 29.5 Å². The second-order valence-electron chi connectivity index (χ2n) is 10.9. The van der Waals surface area contributed by atoms with Gasteiger partial charge in [0.2, 0.25) is 0 Å². The van der Waals surface area contributed by atoms with Crippen LogP contribution in [0, 0.1) is 5.92 Å². The van der Waals surface area contributed by atoms with Crippen molar-refractivity contribution in [1.29, 1.82) is 0 Å². The number of amidine groups is 1. The van der Waals surface area contributed by atoms with Crippen LogP contribution >= 0.6 is 0 Å². The van der Waals surface area contributed by atoms with Gasteiger partial charge in [-0.2, -0.15) is 5.10 Å². The number of ether oxygens (including phenoxy) is 2. The summed E-state index contributed by atoms with van der Waals surface area (Å²) in [6, 6.07) is 6.23. The first-order valence-corrected chi connectivity index (χ1v) is 14.4. The highest BCUT2D eigenvalue weighted by molar-refractivity contribution is 5.97. The molecule has 1 atom stereocenters. The Morgan fingerprint density at radius 2 is 2.02 bits per heavy atom. The predicted molar refractivity (Wildman–Crippen MR) is 161 cm³/mol. The number of nitrogens with zero attached hydrogens (tertiary/aromatic N) is 3. The van der Waals surface area contributed by atoms with E-state index in [1.54, 1.807) is 19.1 Å². The number of aliphatic hydroxyl groups excluding tert-OH is 1. The van der Waals surface area contributed by atoms with Gasteiger partial charge in [-0.05, 0) is 75.1 Å². The van der Waals surface area contributed by atoms with Gasteiger partial charge in [0.25, 0.3) is 0 Å². The van der Waals surface area contributed by atoms with Crippen LogP contribution in [-0.2, 0) is 22.4 Å². The smallest absolute Gasteiger partial charge is 0.338 e. The molecule has 1 unspecified atom stereocenters. The third kappa shape index (κ3) is 7.87. The van der Waals surface area contributed by atoms with E-state index in [4.69, 9.17) is 20.9 Å². The lowest BCUT2D eigenvalue weighted by Crippen LogP contribution is -2.46. The Bertz CT molecular complexity index is 1170. The van der Waals surface area contributed by atoms with Crippen molar-refractivity contribution in [2.24, 2.45) is 27.5 Å². The molecule has 9 heteroatoms. The lowest BCUT2D eigenvalue weighted by atomic mass is 9.76. The number of aliphatic hydroxyl groups is 1. The summed E-state index contributed by atoms with van der Waals surface area (Å²) < 4.78 is 12.1. The van der Waals surface area contributed by atoms with Crippen LogP contribution in [0.25, 0.3) is 0 Å². The summed E-state index contributed by atoms with van der Waals surface area (Å²) in [5, 5.41) is 17.2. The van der Waals surface area contributed by atoms with Crippen LogP contribution in [0.4, 0.5) is 0 Å². The molecular formula is C31H47N5O4. The molecule has 1 fully saturated rings. The van der Waals surface area contributed by atoms with Gasteiger partial charge in [0, 0.05) is 44.9 Å². The van der Waals surface area contributed by atoms with E-state index in [9.17, 15) is 9.90 Å². The number of hydrazone groups is 1. The summed E-state index contributed by atoms with van der Waals surface area (Å²) in [5.41, 5.74) is 15.3. The fourth-order valence-electron chi connectivity index (χ4n) is 5.67. The van der Waals surface area contributed by atoms with Crippen molar-refractivity contribution in [1.82, 2.24) is 5.01 Å². The molecule has 9 nitrogen and oxygen atoms in total. The lowest BCUT2D eigenvalue weighted by molar-refractivity contribution is -0.167. The van der Waals surface area contributed by atoms with E-state index >= 15 is 0 Å². The number of benzene rings is 1. The van der Waals surface area contributed by atoms with E-state index < -0.39 is 11.6 Å². The Balaban J connectivity index is 1.79. The average molecular weight is 554 g/mol. The van der Waals surface area contributed by atoms with E-state index in [1.165, 1.54) is 0 Å². The Labute approximate surface area is 239 Å². The van der Waals surface area contributed by atoms with Crippen molar-refractivity contribution in [3.63, 3.8) is 0 Å². The molecule has 2 aliphatic rings. The second-order valence-corrected chi connectivity index (χ2v) is 10.9. The summed E-state index contributed by atoms with van der Waals surface area (Å²) in [6.07, 6.45) is 8.62. The zero-order valence-corrected chi connectivity index (χ0v) is 24.8. The van der Waals surface area contributed by atoms with E-state index in [1.807, 2.05) is 26.0 Å². The van der Waals surface area contributed by atoms with Gasteiger partial charge in [-0.15, -0.1) is 0 Å². The molecule has 3 rings (SSSR count). The van der Waals surface area contributed by atoms with Gasteiger partial charge >= 0.3 is 5.97 Å². The summed E-state index contributed by atoms with van der Waals surface area (Å²) >= 11 is 0. The van der Waals surface area contributed by atoms with Crippen LogP contribution < -0.4 is 16.2 Å². The summed E-state index contributed by atoms with van der Waals surface area (Å²) in [5.74, 6) is 0.853. The number of allylic oxidation sites excluding steroid dienone is 2. The van der Waals surface area contributed by atoms with Crippen LogP contribution in [0.5, 0.6) is 5.75 Å². The Morgan fingerprint density at radius 1 is 1.30 bits per heavy atom. The second kappa shape index (κ2) is 14.3. The van der Waals surface area contributed by atoms with Crippen molar-refractivity contribution >= 4 is 17.5 Å². The Hall–Kier alpha value is -3.33. The number of nitrogens with two attached hydrogens (primary N) is 2. The van der Waals surface area contributed by atoms with E-state index in [2.05, 4.69) is 29.2 Å². The molecule has 1 heterocycles. The quantitative estimate of drug-likeness (QED) is 0.138. The van der Waals surface area contributed by atoms with Gasteiger partial charge in [-0.3, -0.25) is 10.0 Å². The topological polar surface area (TPSA) is 136 Å². The molecule has 0 amide bonds. The predicted octanol–water partition coefficient (Wildman–Crippen LogP) is 4.80. The highest BCUT2D eigenvalue weighted by Crippen LogP contribution is 2.46. The van der Waals surface area contributed by atoms with Gasteiger partial charge in [-0.25, -0.2) is 4.79 Å². The standard InChI is InChI=1S/C31H47N5O4/c1-6-24-18-23(11-12-28(24)39-16-15-32)13-14-31(25-9-7-8-10-25)20-27(37)26(30(38)40-31)19-29(33)35-36(5)22(3)17-21(2)34-4/h11-12,17-18,25,37H,6-10,13-16,19-20,32H2,1-5H3,(H2,33,35)/b22-17-,34-21?. The fourth-order valence-corrected chi connectivity index (χ4v) is 5.67. The summed E-state index contributed by atoms with van der Waals surface area (Å²) in [4.78, 5) is 17.5. The number of cyclic esters (lactones) is 1. The van der Waals surface area contributed by atoms with Crippen molar-refractivity contribution in [2.75, 3.05) is 27.2 Å². The maximum Gasteiger partial charge on any atom is 0.338 e. The molecule has 0 aromatic heterocycles. The average Bonchev–Trinajstić information content (AvgIpc) is 3.48. The minimum atomic E-state index is -0.735. The van der Waals surface area contributed by atoms with Crippen LogP contribution in [0.1, 0.15) is 76.8 Å². The molecule has 1 aromatic carbocycles. The number of carbonyl (C=O) groups excluding carboxylic acids is 1. The highest BCUT2D eigenvalue weighted by atomic mass is 16.6. The largest absolute Gasteiger partial charge is 0.512 e. The fraction of sp³-hybridized carbons (Fsp3) is 0.581. The normalized spacial score (nSPS) is 21.1. The molecule has 40 heavy (non-hydrogen) atoms. The molecule has 1 aromatic rings. The first kappa shape index (κ1) is 31.2. The first-order chi connectivity index (χ1) is 19.1. The number of aryl methyl sites for hydroxylation is 2. The van der Waals surface area contributed by atoms with Crippen LogP contribution in [0.2, 0.25) is 0 Å². The summed E-state index contributed by atoms with van der Waals surface area (Å²) in [7, 11) is 3.51. The summed E-state index contributed by atoms with van der Waals surface area (Å²) in [6.45, 7) is 6.86. The van der Waals surface area contributed by atoms with E-state index in [0.29, 0.717) is 26.0 Å². The van der Waals surface area contributed by atoms with Crippen molar-refractivity contribution in [2.45, 2.75) is 84.2 Å². The molecule has 0 radical (unpaired) electrons. The first-order valence-electron chi connectivity index (χ1n) is 14.4. The number of carbonyl (C=O) groups is 1. The minimum absolute atomic E-state index is 0.0218. The molecule has 0 saturated heterocycles. The molecule has 1 aliphatic carbocycles. The van der Waals surface area contributed by atoms with Crippen LogP contribution in [-0.4, -0.2) is 60.5 Å². The Morgan fingerprint density at radius 3 is 2.65 bits per heavy atom. The van der Waals surface area contributed by atoms with Crippen molar-refractivity contribution in [3.8, 4) is 5.75 Å². The van der Waals surface area contributed by atoms with Crippen LogP contribution in [0.15, 0.2) is 51.4 Å². The van der Waals surface area contributed by atoms with Gasteiger partial charge < -0.3 is 26.0 Å². The molecule has 220 valence electrons. The molecule has 0 spiro atoms. The third-order valence-corrected chi connectivity index (χ3v) is 8.09. The maximum atomic E-state index is 13.4. The molecule has 5 N–H and O–H groups in total. The molecule has 0 bridgehead atoms. The minimum Gasteiger partial charge on any atom is -0.512 e. The lowest BCUT2D eigenvalue weighted by Gasteiger charge is -2.42. The molecule has 1 saturated carbocycles. The Kier molecular flexibility index (Phi) is 11.2. The van der Waals surface area contributed by atoms with Crippen molar-refractivity contribution in [3.05, 3.63) is 52.4 Å². The molecule has 1 aliphatic heterocycles. The van der Waals surface area contributed by atoms with Gasteiger partial charge in [-0.1, -0.05) is 31.9 Å². The zero-order chi connectivity index (χ0) is 29.3. The third-order valence-electron chi connectivity index (χ3n) is 8.09. The van der Waals surface area contributed by atoms with E-state index in [0.717, 1.165) is 66.8 Å². The number of aliphatic imine (C=N–C) groups is 1. The SMILES string of the molecule is CCc1cc(CCC2(C3CCCC3)CC(O)=C(C/C(N)=N/N(C)/C(C)=C\C(C)=NC)C(=O)O2)ccc1OCCN.